The maximum atomic E-state index is 12.0. The number of fused-ring (bicyclic) bond motifs is 4. The third kappa shape index (κ3) is 3.26. The third-order valence-corrected chi connectivity index (χ3v) is 9.99. The summed E-state index contributed by atoms with van der Waals surface area (Å²) in [7, 11) is 4.14. The van der Waals surface area contributed by atoms with Gasteiger partial charge in [0.15, 0.2) is 5.79 Å². The summed E-state index contributed by atoms with van der Waals surface area (Å²) >= 11 is 0. The van der Waals surface area contributed by atoms with Crippen LogP contribution in [-0.4, -0.2) is 55.0 Å². The van der Waals surface area contributed by atoms with Crippen molar-refractivity contribution < 1.29 is 19.7 Å². The zero-order valence-corrected chi connectivity index (χ0v) is 20.3. The van der Waals surface area contributed by atoms with Crippen LogP contribution in [0.3, 0.4) is 0 Å². The largest absolute Gasteiger partial charge is 0.393 e. The Bertz CT molecular complexity index is 949. The molecule has 0 radical (unpaired) electrons. The summed E-state index contributed by atoms with van der Waals surface area (Å²) in [6, 6.07) is 8.97. The number of hydrogen-bond donors (Lipinski definition) is 2. The maximum absolute atomic E-state index is 12.0. The second-order valence-electron chi connectivity index (χ2n) is 11.8. The van der Waals surface area contributed by atoms with Gasteiger partial charge in [-0.25, -0.2) is 0 Å². The summed E-state index contributed by atoms with van der Waals surface area (Å²) in [5.74, 6) is 0.615. The normalized spacial score (nSPS) is 41.6. The Balaban J connectivity index is 1.45. The molecule has 4 aliphatic carbocycles. The molecule has 1 aromatic carbocycles. The van der Waals surface area contributed by atoms with E-state index in [1.54, 1.807) is 0 Å². The van der Waals surface area contributed by atoms with Gasteiger partial charge in [0.25, 0.3) is 0 Å². The Morgan fingerprint density at radius 1 is 1.00 bits per heavy atom. The highest BCUT2D eigenvalue weighted by Crippen LogP contribution is 2.65. The van der Waals surface area contributed by atoms with Gasteiger partial charge in [-0.15, -0.1) is 0 Å². The van der Waals surface area contributed by atoms with Crippen molar-refractivity contribution in [1.82, 2.24) is 0 Å². The van der Waals surface area contributed by atoms with Crippen LogP contribution in [0, 0.1) is 17.3 Å². The van der Waals surface area contributed by atoms with Crippen molar-refractivity contribution in [3.05, 3.63) is 41.0 Å². The van der Waals surface area contributed by atoms with E-state index in [9.17, 15) is 10.2 Å². The first-order chi connectivity index (χ1) is 15.7. The number of nitrogens with zero attached hydrogens (tertiary/aromatic N) is 1. The molecule has 3 saturated carbocycles. The van der Waals surface area contributed by atoms with Gasteiger partial charge in [-0.3, -0.25) is 0 Å². The lowest BCUT2D eigenvalue weighted by atomic mass is 9.51. The molecule has 1 aromatic rings. The average molecular weight is 454 g/mol. The van der Waals surface area contributed by atoms with Crippen LogP contribution in [0.2, 0.25) is 0 Å². The summed E-state index contributed by atoms with van der Waals surface area (Å²) in [6.07, 6.45) is 6.74. The molecule has 0 aromatic heterocycles. The third-order valence-electron chi connectivity index (χ3n) is 9.99. The van der Waals surface area contributed by atoms with E-state index in [1.807, 2.05) is 0 Å². The highest BCUT2D eigenvalue weighted by Gasteiger charge is 2.60. The van der Waals surface area contributed by atoms with Crippen LogP contribution < -0.4 is 4.90 Å². The van der Waals surface area contributed by atoms with Crippen molar-refractivity contribution in [1.29, 1.82) is 0 Å². The molecule has 6 rings (SSSR count). The second-order valence-corrected chi connectivity index (χ2v) is 11.8. The van der Waals surface area contributed by atoms with Gasteiger partial charge in [0.05, 0.1) is 24.9 Å². The van der Waals surface area contributed by atoms with Gasteiger partial charge in [-0.2, -0.15) is 0 Å². The zero-order valence-electron chi connectivity index (χ0n) is 20.3. The molecule has 6 atom stereocenters. The highest BCUT2D eigenvalue weighted by molar-refractivity contribution is 5.50. The topological polar surface area (TPSA) is 62.2 Å². The smallest absolute Gasteiger partial charge is 0.171 e. The van der Waals surface area contributed by atoms with Crippen LogP contribution in [0.4, 0.5) is 5.69 Å². The Morgan fingerprint density at radius 3 is 2.42 bits per heavy atom. The number of benzene rings is 1. The molecule has 1 spiro atoms. The number of hydrogen-bond acceptors (Lipinski definition) is 5. The van der Waals surface area contributed by atoms with E-state index in [2.05, 4.69) is 50.2 Å². The van der Waals surface area contributed by atoms with E-state index in [4.69, 9.17) is 9.47 Å². The van der Waals surface area contributed by atoms with Gasteiger partial charge in [0.1, 0.15) is 0 Å². The fraction of sp³-hybridized carbons (Fsp3) is 0.714. The first-order valence-electron chi connectivity index (χ1n) is 12.9. The van der Waals surface area contributed by atoms with Crippen molar-refractivity contribution in [3.63, 3.8) is 0 Å². The number of anilines is 1. The molecule has 1 saturated heterocycles. The molecule has 5 heteroatoms. The van der Waals surface area contributed by atoms with E-state index in [0.29, 0.717) is 31.5 Å². The molecule has 2 unspecified atom stereocenters. The van der Waals surface area contributed by atoms with Crippen LogP contribution in [0.5, 0.6) is 0 Å². The van der Waals surface area contributed by atoms with Crippen LogP contribution in [0.15, 0.2) is 35.4 Å². The van der Waals surface area contributed by atoms with Gasteiger partial charge >= 0.3 is 0 Å². The van der Waals surface area contributed by atoms with Crippen molar-refractivity contribution >= 4 is 5.69 Å². The highest BCUT2D eigenvalue weighted by atomic mass is 16.7. The van der Waals surface area contributed by atoms with E-state index in [0.717, 1.165) is 44.9 Å². The Kier molecular flexibility index (Phi) is 5.05. The molecule has 33 heavy (non-hydrogen) atoms. The quantitative estimate of drug-likeness (QED) is 0.651. The standard InChI is InChI=1S/C28H39NO4/c1-26-16-21(18-4-6-19(7-5-18)29(2)3)25-20(22(26)8-9-24(26)30)10-12-27(31)17-28(13-11-23(25)27)32-14-15-33-28/h4-7,20-22,24,30-31H,8-17H2,1-3H3/t20?,21-,22+,24?,26+,27-/m1/s1. The van der Waals surface area contributed by atoms with Crippen molar-refractivity contribution in [3.8, 4) is 0 Å². The molecule has 180 valence electrons. The molecule has 0 bridgehead atoms. The first kappa shape index (κ1) is 22.1. The van der Waals surface area contributed by atoms with E-state index in [1.165, 1.54) is 22.4 Å². The van der Waals surface area contributed by atoms with Crippen molar-refractivity contribution in [2.75, 3.05) is 32.2 Å². The zero-order chi connectivity index (χ0) is 23.0. The van der Waals surface area contributed by atoms with E-state index in [-0.39, 0.29) is 17.4 Å². The fourth-order valence-corrected chi connectivity index (χ4v) is 8.29. The minimum atomic E-state index is -0.832. The number of ether oxygens (including phenoxy) is 2. The van der Waals surface area contributed by atoms with Crippen molar-refractivity contribution in [2.24, 2.45) is 17.3 Å². The summed E-state index contributed by atoms with van der Waals surface area (Å²) in [5, 5.41) is 23.1. The van der Waals surface area contributed by atoms with Crippen molar-refractivity contribution in [2.45, 2.75) is 81.7 Å². The second kappa shape index (κ2) is 7.55. The van der Waals surface area contributed by atoms with E-state index >= 15 is 0 Å². The number of rotatable bonds is 2. The van der Waals surface area contributed by atoms with Crippen LogP contribution >= 0.6 is 0 Å². The summed E-state index contributed by atoms with van der Waals surface area (Å²) in [6.45, 7) is 3.59. The van der Waals surface area contributed by atoms with Gasteiger partial charge in [-0.1, -0.05) is 24.6 Å². The maximum Gasteiger partial charge on any atom is 0.171 e. The van der Waals surface area contributed by atoms with Crippen LogP contribution in [0.1, 0.15) is 69.8 Å². The molecule has 5 nitrogen and oxygen atoms in total. The predicted molar refractivity (Wildman–Crippen MR) is 128 cm³/mol. The molecular weight excluding hydrogens is 414 g/mol. The number of aliphatic hydroxyl groups excluding tert-OH is 1. The lowest BCUT2D eigenvalue weighted by molar-refractivity contribution is -0.208. The predicted octanol–water partition coefficient (Wildman–Crippen LogP) is 4.38. The summed E-state index contributed by atoms with van der Waals surface area (Å²) in [5.41, 5.74) is 4.40. The molecule has 1 aliphatic heterocycles. The Labute approximate surface area is 197 Å². The van der Waals surface area contributed by atoms with E-state index < -0.39 is 11.4 Å². The van der Waals surface area contributed by atoms with Gasteiger partial charge in [0, 0.05) is 38.5 Å². The lowest BCUT2D eigenvalue weighted by Crippen LogP contribution is -2.53. The minimum Gasteiger partial charge on any atom is -0.393 e. The molecular formula is C28H39NO4. The molecule has 5 aliphatic rings. The Morgan fingerprint density at radius 2 is 1.73 bits per heavy atom. The van der Waals surface area contributed by atoms with Gasteiger partial charge in [0.2, 0.25) is 0 Å². The summed E-state index contributed by atoms with van der Waals surface area (Å²) < 4.78 is 12.1. The summed E-state index contributed by atoms with van der Waals surface area (Å²) in [4.78, 5) is 2.13. The monoisotopic (exact) mass is 453 g/mol. The average Bonchev–Trinajstić information content (AvgIpc) is 3.36. The number of allylic oxidation sites excluding steroid dienone is 1. The van der Waals surface area contributed by atoms with Gasteiger partial charge < -0.3 is 24.6 Å². The SMILES string of the molecule is CN(C)c1ccc([C@H]2C[C@]3(C)C(O)CC[C@H]3C3CC[C@@]4(O)CC5(CCC4=C32)OCCO5)cc1. The minimum absolute atomic E-state index is 0.0529. The number of aliphatic hydroxyl groups is 2. The Hall–Kier alpha value is -1.40. The molecule has 4 fully saturated rings. The fourth-order valence-electron chi connectivity index (χ4n) is 8.29. The molecule has 2 N–H and O–H groups in total. The van der Waals surface area contributed by atoms with Gasteiger partial charge in [-0.05, 0) is 79.0 Å². The van der Waals surface area contributed by atoms with Crippen LogP contribution in [0.25, 0.3) is 0 Å². The first-order valence-corrected chi connectivity index (χ1v) is 12.9. The lowest BCUT2D eigenvalue weighted by Gasteiger charge is -2.56. The van der Waals surface area contributed by atoms with Crippen LogP contribution in [-0.2, 0) is 9.47 Å². The molecule has 1 heterocycles. The molecule has 0 amide bonds.